The maximum absolute atomic E-state index is 11.8. The summed E-state index contributed by atoms with van der Waals surface area (Å²) in [5.74, 6) is -0.896. The first-order chi connectivity index (χ1) is 9.58. The van der Waals surface area contributed by atoms with Crippen LogP contribution < -0.4 is 11.1 Å². The highest BCUT2D eigenvalue weighted by molar-refractivity contribution is 5.91. The van der Waals surface area contributed by atoms with Gasteiger partial charge < -0.3 is 25.1 Å². The molecule has 1 aromatic rings. The maximum atomic E-state index is 11.8. The molecule has 20 heavy (non-hydrogen) atoms. The summed E-state index contributed by atoms with van der Waals surface area (Å²) in [6, 6.07) is 1.53. The van der Waals surface area contributed by atoms with Crippen LogP contribution in [0, 0.1) is 0 Å². The van der Waals surface area contributed by atoms with Crippen LogP contribution >= 0.6 is 0 Å². The van der Waals surface area contributed by atoms with Crippen molar-refractivity contribution in [3.05, 3.63) is 18.0 Å². The second-order valence-electron chi connectivity index (χ2n) is 4.22. The quantitative estimate of drug-likeness (QED) is 0.532. The summed E-state index contributed by atoms with van der Waals surface area (Å²) >= 11 is 0. The number of anilines is 1. The molecular weight excluding hydrogens is 262 g/mol. The molecule has 112 valence electrons. The van der Waals surface area contributed by atoms with E-state index < -0.39 is 5.97 Å². The molecule has 0 aliphatic heterocycles. The van der Waals surface area contributed by atoms with Gasteiger partial charge in [-0.05, 0) is 19.4 Å². The van der Waals surface area contributed by atoms with E-state index in [4.69, 9.17) is 15.2 Å². The van der Waals surface area contributed by atoms with Crippen LogP contribution in [0.5, 0.6) is 0 Å². The zero-order chi connectivity index (χ0) is 15.0. The predicted octanol–water partition coefficient (Wildman–Crippen LogP) is 0.400. The number of hydrogen-bond donors (Lipinski definition) is 2. The number of carbonyl (C=O) groups excluding carboxylic acids is 2. The number of aryl methyl sites for hydroxylation is 1. The molecule has 0 bridgehead atoms. The van der Waals surface area contributed by atoms with Crippen LogP contribution in [-0.4, -0.2) is 43.3 Å². The summed E-state index contributed by atoms with van der Waals surface area (Å²) in [6.07, 6.45) is 2.37. The van der Waals surface area contributed by atoms with Crippen LogP contribution in [0.15, 0.2) is 12.3 Å². The van der Waals surface area contributed by atoms with Gasteiger partial charge in [0.1, 0.15) is 5.69 Å². The number of nitrogens with one attached hydrogen (secondary N) is 1. The summed E-state index contributed by atoms with van der Waals surface area (Å²) in [6.45, 7) is 3.25. The normalized spacial score (nSPS) is 10.3. The molecule has 0 aromatic carbocycles. The molecule has 3 N–H and O–H groups in total. The van der Waals surface area contributed by atoms with E-state index in [1.807, 2.05) is 6.92 Å². The number of nitrogens with two attached hydrogens (primary N) is 1. The lowest BCUT2D eigenvalue weighted by atomic mass is 10.4. The van der Waals surface area contributed by atoms with Crippen molar-refractivity contribution < 1.29 is 19.1 Å². The SMILES string of the molecule is CCn1cc(N)cc1C(=O)OCC(=O)NCCCOC. The van der Waals surface area contributed by atoms with E-state index >= 15 is 0 Å². The molecule has 0 spiro atoms. The molecule has 1 rings (SSSR count). The van der Waals surface area contributed by atoms with E-state index in [-0.39, 0.29) is 12.5 Å². The van der Waals surface area contributed by atoms with Crippen molar-refractivity contribution >= 4 is 17.6 Å². The lowest BCUT2D eigenvalue weighted by molar-refractivity contribution is -0.124. The molecule has 1 heterocycles. The van der Waals surface area contributed by atoms with Crippen molar-refractivity contribution in [3.8, 4) is 0 Å². The van der Waals surface area contributed by atoms with E-state index in [0.29, 0.717) is 37.5 Å². The van der Waals surface area contributed by atoms with Crippen molar-refractivity contribution in [1.29, 1.82) is 0 Å². The fourth-order valence-electron chi connectivity index (χ4n) is 1.67. The van der Waals surface area contributed by atoms with Gasteiger partial charge in [0.05, 0.1) is 5.69 Å². The second kappa shape index (κ2) is 8.21. The first-order valence-electron chi connectivity index (χ1n) is 6.46. The van der Waals surface area contributed by atoms with Gasteiger partial charge in [-0.1, -0.05) is 0 Å². The lowest BCUT2D eigenvalue weighted by Crippen LogP contribution is -2.30. The van der Waals surface area contributed by atoms with E-state index in [1.54, 1.807) is 17.9 Å². The van der Waals surface area contributed by atoms with Gasteiger partial charge in [-0.15, -0.1) is 0 Å². The first-order valence-corrected chi connectivity index (χ1v) is 6.46. The predicted molar refractivity (Wildman–Crippen MR) is 74.3 cm³/mol. The smallest absolute Gasteiger partial charge is 0.355 e. The molecule has 0 atom stereocenters. The van der Waals surface area contributed by atoms with Gasteiger partial charge >= 0.3 is 5.97 Å². The highest BCUT2D eigenvalue weighted by Gasteiger charge is 2.15. The molecular formula is C13H21N3O4. The third-order valence-corrected chi connectivity index (χ3v) is 2.65. The monoisotopic (exact) mass is 283 g/mol. The molecule has 0 aliphatic rings. The number of hydrogen-bond acceptors (Lipinski definition) is 5. The summed E-state index contributed by atoms with van der Waals surface area (Å²) in [5, 5.41) is 2.63. The fraction of sp³-hybridized carbons (Fsp3) is 0.538. The van der Waals surface area contributed by atoms with E-state index in [9.17, 15) is 9.59 Å². The van der Waals surface area contributed by atoms with Crippen LogP contribution in [-0.2, 0) is 20.8 Å². The number of nitrogens with zero attached hydrogens (tertiary/aromatic N) is 1. The van der Waals surface area contributed by atoms with Crippen molar-refractivity contribution in [2.75, 3.05) is 32.6 Å². The Kier molecular flexibility index (Phi) is 6.58. The van der Waals surface area contributed by atoms with Gasteiger partial charge in [0, 0.05) is 33.0 Å². The maximum Gasteiger partial charge on any atom is 0.355 e. The standard InChI is InChI=1S/C13H21N3O4/c1-3-16-8-10(14)7-11(16)13(18)20-9-12(17)15-5-4-6-19-2/h7-8H,3-6,9,14H2,1-2H3,(H,15,17). The number of methoxy groups -OCH3 is 1. The minimum atomic E-state index is -0.560. The Morgan fingerprint density at radius 3 is 2.85 bits per heavy atom. The van der Waals surface area contributed by atoms with Crippen LogP contribution in [0.25, 0.3) is 0 Å². The summed E-state index contributed by atoms with van der Waals surface area (Å²) in [7, 11) is 1.60. The van der Waals surface area contributed by atoms with Crippen LogP contribution in [0.2, 0.25) is 0 Å². The largest absolute Gasteiger partial charge is 0.451 e. The van der Waals surface area contributed by atoms with Crippen LogP contribution in [0.1, 0.15) is 23.8 Å². The number of amides is 1. The number of ether oxygens (including phenoxy) is 2. The minimum absolute atomic E-state index is 0.305. The molecule has 0 saturated heterocycles. The average Bonchev–Trinajstić information content (AvgIpc) is 2.82. The van der Waals surface area contributed by atoms with E-state index in [0.717, 1.165) is 0 Å². The zero-order valence-corrected chi connectivity index (χ0v) is 11.8. The van der Waals surface area contributed by atoms with Gasteiger partial charge in [-0.3, -0.25) is 4.79 Å². The van der Waals surface area contributed by atoms with Crippen molar-refractivity contribution in [1.82, 2.24) is 9.88 Å². The average molecular weight is 283 g/mol. The number of carbonyl (C=O) groups is 2. The molecule has 1 aromatic heterocycles. The summed E-state index contributed by atoms with van der Waals surface area (Å²) in [5.41, 5.74) is 6.46. The van der Waals surface area contributed by atoms with Crippen LogP contribution in [0.4, 0.5) is 5.69 Å². The number of aromatic nitrogens is 1. The van der Waals surface area contributed by atoms with Crippen molar-refractivity contribution in [3.63, 3.8) is 0 Å². The summed E-state index contributed by atoms with van der Waals surface area (Å²) in [4.78, 5) is 23.3. The summed E-state index contributed by atoms with van der Waals surface area (Å²) < 4.78 is 11.5. The second-order valence-corrected chi connectivity index (χ2v) is 4.22. The van der Waals surface area contributed by atoms with Gasteiger partial charge in [-0.25, -0.2) is 4.79 Å². The molecule has 0 fully saturated rings. The Balaban J connectivity index is 2.37. The third kappa shape index (κ3) is 4.93. The van der Waals surface area contributed by atoms with Gasteiger partial charge in [0.25, 0.3) is 5.91 Å². The minimum Gasteiger partial charge on any atom is -0.451 e. The molecule has 0 aliphatic carbocycles. The Labute approximate surface area is 118 Å². The Bertz CT molecular complexity index is 456. The molecule has 7 nitrogen and oxygen atoms in total. The van der Waals surface area contributed by atoms with Gasteiger partial charge in [0.15, 0.2) is 6.61 Å². The lowest BCUT2D eigenvalue weighted by Gasteiger charge is -2.07. The Morgan fingerprint density at radius 2 is 2.20 bits per heavy atom. The molecule has 1 amide bonds. The third-order valence-electron chi connectivity index (χ3n) is 2.65. The number of rotatable bonds is 8. The fourth-order valence-corrected chi connectivity index (χ4v) is 1.67. The van der Waals surface area contributed by atoms with Crippen molar-refractivity contribution in [2.24, 2.45) is 0 Å². The molecule has 0 saturated carbocycles. The Hall–Kier alpha value is -2.02. The highest BCUT2D eigenvalue weighted by atomic mass is 16.5. The van der Waals surface area contributed by atoms with Gasteiger partial charge in [0.2, 0.25) is 0 Å². The molecule has 0 unspecified atom stereocenters. The first kappa shape index (κ1) is 16.0. The van der Waals surface area contributed by atoms with E-state index in [2.05, 4.69) is 5.32 Å². The van der Waals surface area contributed by atoms with Crippen molar-refractivity contribution in [2.45, 2.75) is 19.9 Å². The highest BCUT2D eigenvalue weighted by Crippen LogP contribution is 2.11. The van der Waals surface area contributed by atoms with Gasteiger partial charge in [-0.2, -0.15) is 0 Å². The van der Waals surface area contributed by atoms with Crippen LogP contribution in [0.3, 0.4) is 0 Å². The zero-order valence-electron chi connectivity index (χ0n) is 11.8. The number of esters is 1. The molecule has 0 radical (unpaired) electrons. The topological polar surface area (TPSA) is 95.6 Å². The Morgan fingerprint density at radius 1 is 1.45 bits per heavy atom. The van der Waals surface area contributed by atoms with E-state index in [1.165, 1.54) is 6.07 Å². The molecule has 7 heteroatoms. The number of nitrogen functional groups attached to an aromatic ring is 1.